The van der Waals surface area contributed by atoms with Gasteiger partial charge in [0.05, 0.1) is 4.47 Å². The summed E-state index contributed by atoms with van der Waals surface area (Å²) in [6, 6.07) is 5.41. The van der Waals surface area contributed by atoms with E-state index in [0.717, 1.165) is 5.56 Å². The molecule has 0 aliphatic heterocycles. The molecule has 0 aromatic heterocycles. The number of allylic oxidation sites excluding steroid dienone is 2. The van der Waals surface area contributed by atoms with Gasteiger partial charge in [-0.15, -0.1) is 0 Å². The lowest BCUT2D eigenvalue weighted by Crippen LogP contribution is -1.97. The van der Waals surface area contributed by atoms with Gasteiger partial charge in [0.15, 0.2) is 0 Å². The maximum Gasteiger partial charge on any atom is 0.137 e. The number of hydrogen-bond donors (Lipinski definition) is 0. The summed E-state index contributed by atoms with van der Waals surface area (Å²) in [4.78, 5) is 0. The first kappa shape index (κ1) is 11.8. The molecular formula is C14H16BrF. The maximum atomic E-state index is 13.4. The van der Waals surface area contributed by atoms with Crippen molar-refractivity contribution in [3.05, 3.63) is 39.6 Å². The van der Waals surface area contributed by atoms with Crippen LogP contribution in [0.1, 0.15) is 44.6 Å². The van der Waals surface area contributed by atoms with Crippen LogP contribution < -0.4 is 0 Å². The minimum atomic E-state index is -0.173. The first-order chi connectivity index (χ1) is 7.68. The van der Waals surface area contributed by atoms with Crippen molar-refractivity contribution in [2.45, 2.75) is 39.0 Å². The molecule has 0 heterocycles. The minimum Gasteiger partial charge on any atom is -0.206 e. The van der Waals surface area contributed by atoms with Gasteiger partial charge in [0.2, 0.25) is 0 Å². The molecule has 0 atom stereocenters. The lowest BCUT2D eigenvalue weighted by atomic mass is 9.89. The standard InChI is InChI=1S/C14H16BrF/c1-10(11-5-3-2-4-6-11)12-7-8-13(15)14(16)9-12/h7-9H,2-6H2,1H3. The normalized spacial score (nSPS) is 16.3. The van der Waals surface area contributed by atoms with E-state index in [2.05, 4.69) is 22.9 Å². The Balaban J connectivity index is 2.32. The van der Waals surface area contributed by atoms with Gasteiger partial charge in [-0.05, 0) is 71.8 Å². The Morgan fingerprint density at radius 3 is 2.50 bits per heavy atom. The third kappa shape index (κ3) is 2.54. The molecule has 0 N–H and O–H groups in total. The Labute approximate surface area is 105 Å². The van der Waals surface area contributed by atoms with Crippen LogP contribution in [0.25, 0.3) is 5.57 Å². The van der Waals surface area contributed by atoms with Crippen molar-refractivity contribution in [1.82, 2.24) is 0 Å². The quantitative estimate of drug-likeness (QED) is 0.653. The average Bonchev–Trinajstić information content (AvgIpc) is 2.33. The smallest absolute Gasteiger partial charge is 0.137 e. The highest BCUT2D eigenvalue weighted by Gasteiger charge is 2.10. The van der Waals surface area contributed by atoms with Crippen molar-refractivity contribution in [2.75, 3.05) is 0 Å². The molecule has 16 heavy (non-hydrogen) atoms. The molecule has 0 bridgehead atoms. The first-order valence-electron chi connectivity index (χ1n) is 5.82. The fraction of sp³-hybridized carbons (Fsp3) is 0.429. The fourth-order valence-electron chi connectivity index (χ4n) is 2.29. The SMILES string of the molecule is CC(=C1CCCCC1)c1ccc(Br)c(F)c1. The zero-order valence-electron chi connectivity index (χ0n) is 9.52. The topological polar surface area (TPSA) is 0 Å². The molecule has 1 aliphatic carbocycles. The molecule has 1 aromatic rings. The molecule has 0 spiro atoms. The second kappa shape index (κ2) is 5.13. The van der Waals surface area contributed by atoms with Gasteiger partial charge in [-0.2, -0.15) is 0 Å². The van der Waals surface area contributed by atoms with Gasteiger partial charge in [-0.1, -0.05) is 18.1 Å². The number of benzene rings is 1. The van der Waals surface area contributed by atoms with E-state index in [-0.39, 0.29) is 5.82 Å². The van der Waals surface area contributed by atoms with Crippen LogP contribution in [0.3, 0.4) is 0 Å². The van der Waals surface area contributed by atoms with Crippen LogP contribution in [0.2, 0.25) is 0 Å². The predicted molar refractivity (Wildman–Crippen MR) is 69.8 cm³/mol. The lowest BCUT2D eigenvalue weighted by molar-refractivity contribution is 0.600. The molecule has 2 heteroatoms. The van der Waals surface area contributed by atoms with Crippen molar-refractivity contribution in [3.8, 4) is 0 Å². The van der Waals surface area contributed by atoms with Crippen molar-refractivity contribution < 1.29 is 4.39 Å². The lowest BCUT2D eigenvalue weighted by Gasteiger charge is -2.17. The number of hydrogen-bond acceptors (Lipinski definition) is 0. The molecule has 2 rings (SSSR count). The molecule has 0 amide bonds. The van der Waals surface area contributed by atoms with Crippen LogP contribution in [0.4, 0.5) is 4.39 Å². The summed E-state index contributed by atoms with van der Waals surface area (Å²) in [5, 5.41) is 0. The molecule has 86 valence electrons. The van der Waals surface area contributed by atoms with Crippen molar-refractivity contribution in [2.24, 2.45) is 0 Å². The van der Waals surface area contributed by atoms with Crippen LogP contribution in [-0.2, 0) is 0 Å². The monoisotopic (exact) mass is 282 g/mol. The highest BCUT2D eigenvalue weighted by atomic mass is 79.9. The van der Waals surface area contributed by atoms with Crippen molar-refractivity contribution >= 4 is 21.5 Å². The summed E-state index contributed by atoms with van der Waals surface area (Å²) in [6.07, 6.45) is 6.27. The zero-order valence-corrected chi connectivity index (χ0v) is 11.1. The summed E-state index contributed by atoms with van der Waals surface area (Å²) in [5.74, 6) is -0.173. The molecule has 0 unspecified atom stereocenters. The molecular weight excluding hydrogens is 267 g/mol. The van der Waals surface area contributed by atoms with Gasteiger partial charge in [-0.3, -0.25) is 0 Å². The summed E-state index contributed by atoms with van der Waals surface area (Å²) in [6.45, 7) is 2.11. The number of halogens is 2. The van der Waals surface area contributed by atoms with Gasteiger partial charge < -0.3 is 0 Å². The summed E-state index contributed by atoms with van der Waals surface area (Å²) in [7, 11) is 0. The molecule has 1 saturated carbocycles. The second-order valence-electron chi connectivity index (χ2n) is 4.42. The van der Waals surface area contributed by atoms with Crippen molar-refractivity contribution in [1.29, 1.82) is 0 Å². The third-order valence-corrected chi connectivity index (χ3v) is 3.98. The summed E-state index contributed by atoms with van der Waals surface area (Å²) in [5.41, 5.74) is 3.80. The first-order valence-corrected chi connectivity index (χ1v) is 6.62. The largest absolute Gasteiger partial charge is 0.206 e. The minimum absolute atomic E-state index is 0.173. The molecule has 1 fully saturated rings. The highest BCUT2D eigenvalue weighted by molar-refractivity contribution is 9.10. The molecule has 0 radical (unpaired) electrons. The highest BCUT2D eigenvalue weighted by Crippen LogP contribution is 2.31. The Bertz CT molecular complexity index is 413. The summed E-state index contributed by atoms with van der Waals surface area (Å²) >= 11 is 3.18. The Hall–Kier alpha value is -0.630. The van der Waals surface area contributed by atoms with Crippen LogP contribution in [-0.4, -0.2) is 0 Å². The average molecular weight is 283 g/mol. The predicted octanol–water partition coefficient (Wildman–Crippen LogP) is 5.33. The Morgan fingerprint density at radius 2 is 1.88 bits per heavy atom. The van der Waals surface area contributed by atoms with E-state index < -0.39 is 0 Å². The third-order valence-electron chi connectivity index (χ3n) is 3.34. The van der Waals surface area contributed by atoms with Crippen LogP contribution in [0, 0.1) is 5.82 Å². The van der Waals surface area contributed by atoms with Gasteiger partial charge >= 0.3 is 0 Å². The van der Waals surface area contributed by atoms with E-state index in [1.807, 2.05) is 6.07 Å². The van der Waals surface area contributed by atoms with E-state index in [4.69, 9.17) is 0 Å². The maximum absolute atomic E-state index is 13.4. The molecule has 1 aliphatic rings. The zero-order chi connectivity index (χ0) is 11.5. The molecule has 0 saturated heterocycles. The second-order valence-corrected chi connectivity index (χ2v) is 5.27. The van der Waals surface area contributed by atoms with E-state index in [9.17, 15) is 4.39 Å². The van der Waals surface area contributed by atoms with E-state index in [0.29, 0.717) is 4.47 Å². The van der Waals surface area contributed by atoms with Crippen LogP contribution in [0.15, 0.2) is 28.2 Å². The van der Waals surface area contributed by atoms with E-state index in [1.165, 1.54) is 43.3 Å². The van der Waals surface area contributed by atoms with Gasteiger partial charge in [-0.25, -0.2) is 4.39 Å². The fourth-order valence-corrected chi connectivity index (χ4v) is 2.53. The van der Waals surface area contributed by atoms with Gasteiger partial charge in [0.1, 0.15) is 5.82 Å². The Kier molecular flexibility index (Phi) is 3.80. The number of rotatable bonds is 1. The molecule has 0 nitrogen and oxygen atoms in total. The van der Waals surface area contributed by atoms with Crippen molar-refractivity contribution in [3.63, 3.8) is 0 Å². The van der Waals surface area contributed by atoms with E-state index >= 15 is 0 Å². The van der Waals surface area contributed by atoms with Crippen LogP contribution in [0.5, 0.6) is 0 Å². The Morgan fingerprint density at radius 1 is 1.19 bits per heavy atom. The van der Waals surface area contributed by atoms with Gasteiger partial charge in [0.25, 0.3) is 0 Å². The summed E-state index contributed by atoms with van der Waals surface area (Å²) < 4.78 is 14.0. The van der Waals surface area contributed by atoms with E-state index in [1.54, 1.807) is 12.1 Å². The van der Waals surface area contributed by atoms with Gasteiger partial charge in [0, 0.05) is 0 Å². The van der Waals surface area contributed by atoms with Crippen LogP contribution >= 0.6 is 15.9 Å². The molecule has 1 aromatic carbocycles.